The van der Waals surface area contributed by atoms with Gasteiger partial charge in [0.25, 0.3) is 5.91 Å². The van der Waals surface area contributed by atoms with Crippen LogP contribution in [0.4, 0.5) is 28.0 Å². The van der Waals surface area contributed by atoms with Crippen LogP contribution in [0.25, 0.3) is 0 Å². The average molecular weight is 389 g/mol. The Morgan fingerprint density at radius 2 is 1.78 bits per heavy atom. The lowest BCUT2D eigenvalue weighted by Crippen LogP contribution is -2.53. The van der Waals surface area contributed by atoms with Crippen molar-refractivity contribution in [3.8, 4) is 0 Å². The monoisotopic (exact) mass is 389 g/mol. The Morgan fingerprint density at radius 3 is 2.37 bits per heavy atom. The molecule has 27 heavy (non-hydrogen) atoms. The first-order chi connectivity index (χ1) is 12.8. The highest BCUT2D eigenvalue weighted by Gasteiger charge is 2.33. The van der Waals surface area contributed by atoms with Crippen LogP contribution in [0.15, 0.2) is 18.2 Å². The molecule has 10 heteroatoms. The van der Waals surface area contributed by atoms with E-state index in [0.29, 0.717) is 31.2 Å². The van der Waals surface area contributed by atoms with E-state index in [1.54, 1.807) is 4.90 Å². The largest absolute Gasteiger partial charge is 0.416 e. The zero-order chi connectivity index (χ0) is 19.6. The Hall–Kier alpha value is -2.36. The molecule has 0 aliphatic carbocycles. The molecule has 3 rings (SSSR count). The number of hydrogen-bond acceptors (Lipinski definition) is 3. The van der Waals surface area contributed by atoms with Crippen molar-refractivity contribution in [2.45, 2.75) is 25.1 Å². The lowest BCUT2D eigenvalue weighted by Gasteiger charge is -2.35. The van der Waals surface area contributed by atoms with Gasteiger partial charge in [0.1, 0.15) is 11.9 Å². The van der Waals surface area contributed by atoms with E-state index in [4.69, 9.17) is 4.74 Å². The number of piperazine rings is 1. The summed E-state index contributed by atoms with van der Waals surface area (Å²) >= 11 is 0. The first kappa shape index (κ1) is 19.4. The molecule has 2 fully saturated rings. The predicted octanol–water partition coefficient (Wildman–Crippen LogP) is 2.70. The fraction of sp³-hybridized carbons (Fsp3) is 0.529. The molecular formula is C17H19F4N3O3. The molecule has 1 atom stereocenters. The third-order valence-electron chi connectivity index (χ3n) is 4.62. The number of nitrogens with one attached hydrogen (secondary N) is 1. The van der Waals surface area contributed by atoms with E-state index in [9.17, 15) is 27.2 Å². The van der Waals surface area contributed by atoms with E-state index in [1.165, 1.54) is 4.90 Å². The fourth-order valence-electron chi connectivity index (χ4n) is 3.10. The molecule has 0 radical (unpaired) electrons. The summed E-state index contributed by atoms with van der Waals surface area (Å²) in [7, 11) is 0. The van der Waals surface area contributed by atoms with Crippen molar-refractivity contribution in [3.05, 3.63) is 29.6 Å². The molecule has 0 bridgehead atoms. The minimum atomic E-state index is -4.64. The van der Waals surface area contributed by atoms with Gasteiger partial charge in [-0.2, -0.15) is 13.2 Å². The summed E-state index contributed by atoms with van der Waals surface area (Å²) in [4.78, 5) is 27.5. The van der Waals surface area contributed by atoms with Gasteiger partial charge in [-0.1, -0.05) is 0 Å². The number of carbonyl (C=O) groups is 2. The maximum absolute atomic E-state index is 13.8. The molecular weight excluding hydrogens is 370 g/mol. The van der Waals surface area contributed by atoms with Gasteiger partial charge in [-0.3, -0.25) is 4.79 Å². The van der Waals surface area contributed by atoms with Crippen molar-refractivity contribution in [1.82, 2.24) is 9.80 Å². The quantitative estimate of drug-likeness (QED) is 0.792. The highest BCUT2D eigenvalue weighted by atomic mass is 19.4. The Bertz CT molecular complexity index is 712. The number of ether oxygens (including phenoxy) is 1. The number of rotatable bonds is 2. The molecule has 2 aliphatic heterocycles. The van der Waals surface area contributed by atoms with Crippen LogP contribution in [0.5, 0.6) is 0 Å². The minimum absolute atomic E-state index is 0.114. The maximum Gasteiger partial charge on any atom is 0.416 e. The van der Waals surface area contributed by atoms with Crippen molar-refractivity contribution in [1.29, 1.82) is 0 Å². The van der Waals surface area contributed by atoms with Crippen molar-refractivity contribution >= 4 is 17.6 Å². The van der Waals surface area contributed by atoms with Crippen LogP contribution in [0.1, 0.15) is 18.4 Å². The molecule has 3 amide bonds. The summed E-state index contributed by atoms with van der Waals surface area (Å²) in [6.45, 7) is 1.53. The SMILES string of the molecule is O=C(Nc1cc(C(F)(F)F)ccc1F)N1CCN(C(=O)C2CCCO2)CC1. The minimum Gasteiger partial charge on any atom is -0.368 e. The smallest absolute Gasteiger partial charge is 0.368 e. The maximum atomic E-state index is 13.8. The Kier molecular flexibility index (Phi) is 5.54. The van der Waals surface area contributed by atoms with E-state index in [2.05, 4.69) is 5.32 Å². The molecule has 2 heterocycles. The number of halogens is 4. The highest BCUT2D eigenvalue weighted by Crippen LogP contribution is 2.32. The third kappa shape index (κ3) is 4.49. The average Bonchev–Trinajstić information content (AvgIpc) is 3.16. The lowest BCUT2D eigenvalue weighted by molar-refractivity contribution is -0.142. The van der Waals surface area contributed by atoms with Gasteiger partial charge in [-0.25, -0.2) is 9.18 Å². The second kappa shape index (κ2) is 7.71. The van der Waals surface area contributed by atoms with Crippen LogP contribution in [0.2, 0.25) is 0 Å². The van der Waals surface area contributed by atoms with E-state index < -0.39 is 35.4 Å². The summed E-state index contributed by atoms with van der Waals surface area (Å²) < 4.78 is 57.3. The van der Waals surface area contributed by atoms with Gasteiger partial charge >= 0.3 is 12.2 Å². The number of nitrogens with zero attached hydrogens (tertiary/aromatic N) is 2. The summed E-state index contributed by atoms with van der Waals surface area (Å²) in [5, 5.41) is 2.18. The van der Waals surface area contributed by atoms with Crippen molar-refractivity contribution in [2.75, 3.05) is 38.1 Å². The van der Waals surface area contributed by atoms with Crippen molar-refractivity contribution in [2.24, 2.45) is 0 Å². The van der Waals surface area contributed by atoms with Gasteiger partial charge in [0.15, 0.2) is 0 Å². The van der Waals surface area contributed by atoms with Crippen LogP contribution < -0.4 is 5.32 Å². The highest BCUT2D eigenvalue weighted by molar-refractivity contribution is 5.90. The topological polar surface area (TPSA) is 61.9 Å². The Balaban J connectivity index is 1.57. The van der Waals surface area contributed by atoms with Gasteiger partial charge in [-0.05, 0) is 31.0 Å². The van der Waals surface area contributed by atoms with Crippen molar-refractivity contribution in [3.63, 3.8) is 0 Å². The number of alkyl halides is 3. The first-order valence-corrected chi connectivity index (χ1v) is 8.59. The second-order valence-electron chi connectivity index (χ2n) is 6.44. The van der Waals surface area contributed by atoms with E-state index >= 15 is 0 Å². The molecule has 148 valence electrons. The van der Waals surface area contributed by atoms with Gasteiger partial charge in [0.2, 0.25) is 0 Å². The molecule has 1 unspecified atom stereocenters. The summed E-state index contributed by atoms with van der Waals surface area (Å²) in [5.41, 5.74) is -1.58. The fourth-order valence-corrected chi connectivity index (χ4v) is 3.10. The molecule has 1 aromatic carbocycles. The molecule has 1 N–H and O–H groups in total. The van der Waals surface area contributed by atoms with Crippen LogP contribution in [-0.4, -0.2) is 60.6 Å². The van der Waals surface area contributed by atoms with Gasteiger partial charge in [0, 0.05) is 32.8 Å². The molecule has 6 nitrogen and oxygen atoms in total. The first-order valence-electron chi connectivity index (χ1n) is 8.59. The number of urea groups is 1. The summed E-state index contributed by atoms with van der Waals surface area (Å²) in [6, 6.07) is 1.12. The number of carbonyl (C=O) groups excluding carboxylic acids is 2. The number of benzene rings is 1. The molecule has 0 saturated carbocycles. The van der Waals surface area contributed by atoms with Crippen LogP contribution in [-0.2, 0) is 15.7 Å². The molecule has 0 spiro atoms. The molecule has 0 aromatic heterocycles. The van der Waals surface area contributed by atoms with Crippen molar-refractivity contribution < 1.29 is 31.9 Å². The zero-order valence-corrected chi connectivity index (χ0v) is 14.4. The van der Waals surface area contributed by atoms with Gasteiger partial charge in [0.05, 0.1) is 11.3 Å². The van der Waals surface area contributed by atoms with Gasteiger partial charge in [-0.15, -0.1) is 0 Å². The standard InChI is InChI=1S/C17H19F4N3O3/c18-12-4-3-11(17(19,20)21)10-13(12)22-16(26)24-7-5-23(6-8-24)15(25)14-2-1-9-27-14/h3-4,10,14H,1-2,5-9H2,(H,22,26). The third-order valence-corrected chi connectivity index (χ3v) is 4.62. The van der Waals surface area contributed by atoms with Crippen LogP contribution in [0, 0.1) is 5.82 Å². The summed E-state index contributed by atoms with van der Waals surface area (Å²) in [6.07, 6.45) is -3.57. The lowest BCUT2D eigenvalue weighted by atomic mass is 10.2. The summed E-state index contributed by atoms with van der Waals surface area (Å²) in [5.74, 6) is -1.07. The van der Waals surface area contributed by atoms with E-state index in [-0.39, 0.29) is 32.1 Å². The van der Waals surface area contributed by atoms with Gasteiger partial charge < -0.3 is 19.9 Å². The Labute approximate surface area is 153 Å². The molecule has 2 aliphatic rings. The predicted molar refractivity (Wildman–Crippen MR) is 87.5 cm³/mol. The number of amides is 3. The van der Waals surface area contributed by atoms with E-state index in [1.807, 2.05) is 0 Å². The zero-order valence-electron chi connectivity index (χ0n) is 14.4. The van der Waals surface area contributed by atoms with Crippen LogP contribution in [0.3, 0.4) is 0 Å². The molecule has 2 saturated heterocycles. The normalized spacial score (nSPS) is 20.7. The number of hydrogen-bond donors (Lipinski definition) is 1. The Morgan fingerprint density at radius 1 is 1.11 bits per heavy atom. The van der Waals surface area contributed by atoms with Crippen LogP contribution >= 0.6 is 0 Å². The number of anilines is 1. The molecule has 1 aromatic rings. The second-order valence-corrected chi connectivity index (χ2v) is 6.44. The van der Waals surface area contributed by atoms with E-state index in [0.717, 1.165) is 6.42 Å².